The van der Waals surface area contributed by atoms with Crippen molar-refractivity contribution < 1.29 is 23.9 Å². The average molecular weight is 371 g/mol. The van der Waals surface area contributed by atoms with Crippen LogP contribution in [0.25, 0.3) is 0 Å². The van der Waals surface area contributed by atoms with Gasteiger partial charge in [-0.15, -0.1) is 0 Å². The number of aliphatic carboxylic acids is 1. The van der Waals surface area contributed by atoms with Crippen molar-refractivity contribution in [1.29, 1.82) is 0 Å². The molecule has 9 heteroatoms. The second-order valence-corrected chi connectivity index (χ2v) is 6.83. The molecule has 140 valence electrons. The Balaban J connectivity index is 1.60. The third-order valence-electron chi connectivity index (χ3n) is 5.07. The molecule has 27 heavy (non-hydrogen) atoms. The number of rotatable bonds is 2. The summed E-state index contributed by atoms with van der Waals surface area (Å²) in [5, 5.41) is 11.5. The average Bonchev–Trinajstić information content (AvgIpc) is 3.18. The zero-order chi connectivity index (χ0) is 19.1. The minimum atomic E-state index is -1.47. The van der Waals surface area contributed by atoms with Gasteiger partial charge in [0.25, 0.3) is 11.5 Å². The minimum absolute atomic E-state index is 0.00623. The lowest BCUT2D eigenvalue weighted by atomic mass is 9.83. The number of nitrogens with one attached hydrogen (secondary N) is 1. The van der Waals surface area contributed by atoms with Crippen LogP contribution in [0.4, 0.5) is 5.69 Å². The van der Waals surface area contributed by atoms with Crippen molar-refractivity contribution in [3.05, 3.63) is 52.3 Å². The van der Waals surface area contributed by atoms with E-state index in [4.69, 9.17) is 9.52 Å². The first-order valence-corrected chi connectivity index (χ1v) is 8.55. The van der Waals surface area contributed by atoms with Gasteiger partial charge < -0.3 is 24.3 Å². The second-order valence-electron chi connectivity index (χ2n) is 6.83. The SMILES string of the molecule is O=C(O)C(=O)N1CC2CC(C1)c1ccc(NC(=O)c3ccco3)c(=O)n1C2. The van der Waals surface area contributed by atoms with Gasteiger partial charge >= 0.3 is 11.9 Å². The third-order valence-corrected chi connectivity index (χ3v) is 5.07. The van der Waals surface area contributed by atoms with E-state index in [0.29, 0.717) is 13.1 Å². The molecule has 2 aliphatic rings. The van der Waals surface area contributed by atoms with Crippen molar-refractivity contribution in [2.75, 3.05) is 18.4 Å². The topological polar surface area (TPSA) is 122 Å². The Morgan fingerprint density at radius 2 is 1.96 bits per heavy atom. The molecule has 2 atom stereocenters. The molecule has 9 nitrogen and oxygen atoms in total. The Kier molecular flexibility index (Phi) is 4.06. The Morgan fingerprint density at radius 1 is 1.15 bits per heavy atom. The van der Waals surface area contributed by atoms with Gasteiger partial charge in [-0.1, -0.05) is 0 Å². The van der Waals surface area contributed by atoms with Gasteiger partial charge in [-0.05, 0) is 36.6 Å². The van der Waals surface area contributed by atoms with Crippen LogP contribution in [0.2, 0.25) is 0 Å². The van der Waals surface area contributed by atoms with Crippen LogP contribution in [-0.4, -0.2) is 45.4 Å². The first kappa shape index (κ1) is 17.1. The zero-order valence-electron chi connectivity index (χ0n) is 14.3. The fourth-order valence-corrected chi connectivity index (χ4v) is 3.93. The van der Waals surface area contributed by atoms with E-state index in [1.165, 1.54) is 23.3 Å². The number of fused-ring (bicyclic) bond motifs is 4. The second kappa shape index (κ2) is 6.42. The Bertz CT molecular complexity index is 977. The highest BCUT2D eigenvalue weighted by molar-refractivity contribution is 6.31. The van der Waals surface area contributed by atoms with E-state index in [1.54, 1.807) is 16.7 Å². The molecule has 2 aromatic heterocycles. The van der Waals surface area contributed by atoms with E-state index in [9.17, 15) is 19.2 Å². The highest BCUT2D eigenvalue weighted by Gasteiger charge is 2.38. The number of carboxylic acids is 1. The lowest BCUT2D eigenvalue weighted by molar-refractivity contribution is -0.157. The van der Waals surface area contributed by atoms with E-state index in [0.717, 1.165) is 12.1 Å². The number of aromatic nitrogens is 1. The summed E-state index contributed by atoms with van der Waals surface area (Å²) in [5.74, 6) is -2.90. The summed E-state index contributed by atoms with van der Waals surface area (Å²) < 4.78 is 6.64. The number of nitrogens with zero attached hydrogens (tertiary/aromatic N) is 2. The monoisotopic (exact) mass is 371 g/mol. The number of hydrogen-bond acceptors (Lipinski definition) is 5. The molecule has 2 aliphatic heterocycles. The summed E-state index contributed by atoms with van der Waals surface area (Å²) in [4.78, 5) is 49.0. The molecule has 4 heterocycles. The molecule has 2 amide bonds. The van der Waals surface area contributed by atoms with Gasteiger partial charge in [0, 0.05) is 31.2 Å². The van der Waals surface area contributed by atoms with Crippen LogP contribution in [0.1, 0.15) is 28.6 Å². The summed E-state index contributed by atoms with van der Waals surface area (Å²) in [6.07, 6.45) is 2.17. The fraction of sp³-hybridized carbons (Fsp3) is 0.333. The van der Waals surface area contributed by atoms with Crippen LogP contribution in [0.3, 0.4) is 0 Å². The van der Waals surface area contributed by atoms with Gasteiger partial charge in [0.2, 0.25) is 0 Å². The first-order valence-electron chi connectivity index (χ1n) is 8.55. The quantitative estimate of drug-likeness (QED) is 0.751. The number of carbonyl (C=O) groups excluding carboxylic acids is 2. The molecule has 0 aromatic carbocycles. The fourth-order valence-electron chi connectivity index (χ4n) is 3.93. The van der Waals surface area contributed by atoms with Crippen LogP contribution in [-0.2, 0) is 16.1 Å². The Labute approximate surface area is 153 Å². The van der Waals surface area contributed by atoms with E-state index in [2.05, 4.69) is 5.32 Å². The van der Waals surface area contributed by atoms with Crippen LogP contribution in [0, 0.1) is 5.92 Å². The van der Waals surface area contributed by atoms with Crippen molar-refractivity contribution in [2.45, 2.75) is 18.9 Å². The maximum atomic E-state index is 12.8. The van der Waals surface area contributed by atoms with E-state index in [1.807, 2.05) is 0 Å². The van der Waals surface area contributed by atoms with E-state index < -0.39 is 17.8 Å². The Morgan fingerprint density at radius 3 is 2.67 bits per heavy atom. The standard InChI is InChI=1S/C18H17N3O6/c22-15(14-2-1-5-27-14)19-12-3-4-13-11-6-10(8-21(13)16(12)23)7-20(9-11)17(24)18(25)26/h1-5,10-11H,6-9H2,(H,19,22)(H,25,26). The van der Waals surface area contributed by atoms with Gasteiger partial charge in [-0.2, -0.15) is 0 Å². The van der Waals surface area contributed by atoms with E-state index in [-0.39, 0.29) is 35.4 Å². The molecular formula is C18H17N3O6. The number of piperidine rings is 1. The third kappa shape index (κ3) is 3.01. The largest absolute Gasteiger partial charge is 0.474 e. The first-order chi connectivity index (χ1) is 12.9. The predicted octanol–water partition coefficient (Wildman–Crippen LogP) is 0.724. The molecule has 1 fully saturated rings. The van der Waals surface area contributed by atoms with Crippen LogP contribution in [0.15, 0.2) is 39.7 Å². The highest BCUT2D eigenvalue weighted by Crippen LogP contribution is 2.35. The summed E-state index contributed by atoms with van der Waals surface area (Å²) in [6.45, 7) is 0.939. The molecule has 2 unspecified atom stereocenters. The zero-order valence-corrected chi connectivity index (χ0v) is 14.3. The molecule has 2 bridgehead atoms. The summed E-state index contributed by atoms with van der Waals surface area (Å²) in [5.41, 5.74) is 0.578. The van der Waals surface area contributed by atoms with Crippen molar-refractivity contribution >= 4 is 23.5 Å². The number of amides is 2. The molecule has 2 aromatic rings. The number of likely N-dealkylation sites (tertiary alicyclic amines) is 1. The van der Waals surface area contributed by atoms with E-state index >= 15 is 0 Å². The van der Waals surface area contributed by atoms with Crippen molar-refractivity contribution in [2.24, 2.45) is 5.92 Å². The summed E-state index contributed by atoms with van der Waals surface area (Å²) >= 11 is 0. The van der Waals surface area contributed by atoms with Gasteiger partial charge in [0.1, 0.15) is 5.69 Å². The lowest BCUT2D eigenvalue weighted by Gasteiger charge is -2.42. The number of hydrogen-bond donors (Lipinski definition) is 2. The van der Waals surface area contributed by atoms with Gasteiger partial charge in [0.05, 0.1) is 6.26 Å². The minimum Gasteiger partial charge on any atom is -0.474 e. The molecule has 0 radical (unpaired) electrons. The summed E-state index contributed by atoms with van der Waals surface area (Å²) in [6, 6.07) is 6.37. The molecular weight excluding hydrogens is 354 g/mol. The Hall–Kier alpha value is -3.36. The van der Waals surface area contributed by atoms with Crippen LogP contribution in [0.5, 0.6) is 0 Å². The molecule has 2 N–H and O–H groups in total. The van der Waals surface area contributed by atoms with Gasteiger partial charge in [-0.3, -0.25) is 14.4 Å². The highest BCUT2D eigenvalue weighted by atomic mass is 16.4. The normalized spacial score (nSPS) is 20.7. The molecule has 0 saturated carbocycles. The van der Waals surface area contributed by atoms with Gasteiger partial charge in [-0.25, -0.2) is 4.79 Å². The maximum absolute atomic E-state index is 12.8. The number of carbonyl (C=O) groups is 3. The van der Waals surface area contributed by atoms with Gasteiger partial charge in [0.15, 0.2) is 5.76 Å². The predicted molar refractivity (Wildman–Crippen MR) is 92.4 cm³/mol. The number of carboxylic acid groups (broad SMARTS) is 1. The van der Waals surface area contributed by atoms with Crippen molar-refractivity contribution in [3.8, 4) is 0 Å². The number of furan rings is 1. The maximum Gasteiger partial charge on any atom is 0.394 e. The summed E-state index contributed by atoms with van der Waals surface area (Å²) in [7, 11) is 0. The van der Waals surface area contributed by atoms with Crippen molar-refractivity contribution in [3.63, 3.8) is 0 Å². The lowest BCUT2D eigenvalue weighted by Crippen LogP contribution is -2.51. The van der Waals surface area contributed by atoms with Crippen LogP contribution >= 0.6 is 0 Å². The van der Waals surface area contributed by atoms with Crippen LogP contribution < -0.4 is 10.9 Å². The van der Waals surface area contributed by atoms with Crippen molar-refractivity contribution in [1.82, 2.24) is 9.47 Å². The number of pyridine rings is 1. The molecule has 0 spiro atoms. The smallest absolute Gasteiger partial charge is 0.394 e. The molecule has 1 saturated heterocycles. The number of anilines is 1. The molecule has 4 rings (SSSR count). The molecule has 0 aliphatic carbocycles.